The molecule has 2 aliphatic carbocycles. The van der Waals surface area contributed by atoms with Gasteiger partial charge in [-0.15, -0.1) is 0 Å². The number of amides is 1. The number of carbonyl (C=O) groups is 1. The molecular weight excluding hydrogens is 288 g/mol. The third-order valence-corrected chi connectivity index (χ3v) is 5.81. The monoisotopic (exact) mass is 316 g/mol. The van der Waals surface area contributed by atoms with E-state index in [-0.39, 0.29) is 17.9 Å². The molecule has 0 radical (unpaired) electrons. The van der Waals surface area contributed by atoms with Crippen molar-refractivity contribution in [1.29, 1.82) is 0 Å². The molecule has 0 aliphatic heterocycles. The number of nitrogens with two attached hydrogens (primary N) is 1. The van der Waals surface area contributed by atoms with Crippen LogP contribution >= 0.6 is 0 Å². The fraction of sp³-hybridized carbons (Fsp3) is 0.632. The van der Waals surface area contributed by atoms with Gasteiger partial charge < -0.3 is 15.7 Å². The zero-order valence-electron chi connectivity index (χ0n) is 14.1. The standard InChI is InChI=1S/C19H28N2O2/c1-3-21(11-16(22)13-6-4-12(2)5-7-13)19(23)17-14-8-9-15(10-14)18(17)20/h4-7,14-18,22H,3,8-11,20H2,1-2H3. The Morgan fingerprint density at radius 2 is 1.96 bits per heavy atom. The van der Waals surface area contributed by atoms with Gasteiger partial charge in [0, 0.05) is 12.6 Å². The maximum Gasteiger partial charge on any atom is 0.227 e. The Morgan fingerprint density at radius 3 is 2.52 bits per heavy atom. The molecular formula is C19H28N2O2. The summed E-state index contributed by atoms with van der Waals surface area (Å²) < 4.78 is 0. The molecule has 2 fully saturated rings. The van der Waals surface area contributed by atoms with E-state index in [0.29, 0.717) is 24.9 Å². The first kappa shape index (κ1) is 16.5. The lowest BCUT2D eigenvalue weighted by molar-refractivity contribution is -0.139. The summed E-state index contributed by atoms with van der Waals surface area (Å²) in [4.78, 5) is 14.7. The number of benzene rings is 1. The zero-order chi connectivity index (χ0) is 16.6. The van der Waals surface area contributed by atoms with Crippen LogP contribution in [0.2, 0.25) is 0 Å². The number of likely N-dealkylation sites (N-methyl/N-ethyl adjacent to an activating group) is 1. The molecule has 2 aliphatic rings. The number of hydrogen-bond donors (Lipinski definition) is 2. The highest BCUT2D eigenvalue weighted by Crippen LogP contribution is 2.48. The van der Waals surface area contributed by atoms with Gasteiger partial charge in [-0.1, -0.05) is 29.8 Å². The third-order valence-electron chi connectivity index (χ3n) is 5.81. The average Bonchev–Trinajstić information content (AvgIpc) is 3.13. The highest BCUT2D eigenvalue weighted by Gasteiger charge is 2.50. The van der Waals surface area contributed by atoms with E-state index < -0.39 is 6.10 Å². The number of carbonyl (C=O) groups excluding carboxylic acids is 1. The van der Waals surface area contributed by atoms with Crippen LogP contribution in [-0.4, -0.2) is 35.0 Å². The smallest absolute Gasteiger partial charge is 0.227 e. The Morgan fingerprint density at radius 1 is 1.30 bits per heavy atom. The second-order valence-corrected chi connectivity index (χ2v) is 7.24. The van der Waals surface area contributed by atoms with Crippen LogP contribution in [0.5, 0.6) is 0 Å². The van der Waals surface area contributed by atoms with E-state index in [1.165, 1.54) is 6.42 Å². The number of aryl methyl sites for hydroxylation is 1. The Kier molecular flexibility index (Phi) is 4.74. The first-order chi connectivity index (χ1) is 11.0. The summed E-state index contributed by atoms with van der Waals surface area (Å²) in [5.41, 5.74) is 8.33. The Labute approximate surface area is 138 Å². The Balaban J connectivity index is 1.67. The summed E-state index contributed by atoms with van der Waals surface area (Å²) in [5.74, 6) is 1.07. The van der Waals surface area contributed by atoms with Crippen LogP contribution in [0.3, 0.4) is 0 Å². The summed E-state index contributed by atoms with van der Waals surface area (Å²) in [6, 6.07) is 7.85. The topological polar surface area (TPSA) is 66.6 Å². The van der Waals surface area contributed by atoms with Gasteiger partial charge in [0.25, 0.3) is 0 Å². The average molecular weight is 316 g/mol. The number of nitrogens with zero attached hydrogens (tertiary/aromatic N) is 1. The highest BCUT2D eigenvalue weighted by molar-refractivity contribution is 5.80. The van der Waals surface area contributed by atoms with Crippen molar-refractivity contribution < 1.29 is 9.90 Å². The predicted molar refractivity (Wildman–Crippen MR) is 90.7 cm³/mol. The van der Waals surface area contributed by atoms with E-state index in [0.717, 1.165) is 24.0 Å². The molecule has 0 saturated heterocycles. The molecule has 23 heavy (non-hydrogen) atoms. The second-order valence-electron chi connectivity index (χ2n) is 7.24. The first-order valence-electron chi connectivity index (χ1n) is 8.80. The van der Waals surface area contributed by atoms with Gasteiger partial charge in [0.05, 0.1) is 18.6 Å². The molecule has 0 aromatic heterocycles. The summed E-state index contributed by atoms with van der Waals surface area (Å²) >= 11 is 0. The Bertz CT molecular complexity index is 555. The molecule has 4 heteroatoms. The molecule has 0 heterocycles. The van der Waals surface area contributed by atoms with Gasteiger partial charge in [-0.05, 0) is 50.5 Å². The van der Waals surface area contributed by atoms with Crippen LogP contribution in [0.25, 0.3) is 0 Å². The minimum Gasteiger partial charge on any atom is -0.387 e. The minimum atomic E-state index is -0.644. The van der Waals surface area contributed by atoms with Crippen molar-refractivity contribution in [1.82, 2.24) is 4.90 Å². The van der Waals surface area contributed by atoms with Gasteiger partial charge >= 0.3 is 0 Å². The summed E-state index contributed by atoms with van der Waals surface area (Å²) in [6.07, 6.45) is 2.77. The van der Waals surface area contributed by atoms with E-state index in [1.807, 2.05) is 38.1 Å². The van der Waals surface area contributed by atoms with Crippen LogP contribution in [0.15, 0.2) is 24.3 Å². The normalized spacial score (nSPS) is 30.4. The number of hydrogen-bond acceptors (Lipinski definition) is 3. The lowest BCUT2D eigenvalue weighted by atomic mass is 9.84. The van der Waals surface area contributed by atoms with Crippen LogP contribution in [-0.2, 0) is 4.79 Å². The molecule has 5 unspecified atom stereocenters. The van der Waals surface area contributed by atoms with E-state index in [9.17, 15) is 9.90 Å². The largest absolute Gasteiger partial charge is 0.387 e. The predicted octanol–water partition coefficient (Wildman–Crippen LogP) is 2.25. The lowest BCUT2D eigenvalue weighted by Gasteiger charge is -2.33. The van der Waals surface area contributed by atoms with Crippen molar-refractivity contribution in [2.24, 2.45) is 23.5 Å². The molecule has 2 bridgehead atoms. The summed E-state index contributed by atoms with van der Waals surface area (Å²) in [5, 5.41) is 10.5. The van der Waals surface area contributed by atoms with Crippen LogP contribution in [0, 0.1) is 24.7 Å². The van der Waals surface area contributed by atoms with Gasteiger partial charge in [-0.2, -0.15) is 0 Å². The molecule has 1 aromatic carbocycles. The molecule has 3 rings (SSSR count). The number of aliphatic hydroxyl groups excluding tert-OH is 1. The van der Waals surface area contributed by atoms with E-state index in [2.05, 4.69) is 0 Å². The van der Waals surface area contributed by atoms with E-state index >= 15 is 0 Å². The SMILES string of the molecule is CCN(CC(O)c1ccc(C)cc1)C(=O)C1C2CCC(C2)C1N. The molecule has 5 atom stereocenters. The van der Waals surface area contributed by atoms with Gasteiger partial charge in [-0.25, -0.2) is 0 Å². The quantitative estimate of drug-likeness (QED) is 0.875. The fourth-order valence-corrected chi connectivity index (χ4v) is 4.39. The lowest BCUT2D eigenvalue weighted by Crippen LogP contribution is -2.48. The molecule has 126 valence electrons. The van der Waals surface area contributed by atoms with E-state index in [4.69, 9.17) is 5.73 Å². The molecule has 2 saturated carbocycles. The van der Waals surface area contributed by atoms with Gasteiger partial charge in [0.2, 0.25) is 5.91 Å². The summed E-state index contributed by atoms with van der Waals surface area (Å²) in [7, 11) is 0. The third kappa shape index (κ3) is 3.15. The number of fused-ring (bicyclic) bond motifs is 2. The molecule has 3 N–H and O–H groups in total. The van der Waals surface area contributed by atoms with Crippen molar-refractivity contribution in [2.45, 2.75) is 45.3 Å². The maximum absolute atomic E-state index is 12.9. The fourth-order valence-electron chi connectivity index (χ4n) is 4.39. The second kappa shape index (κ2) is 6.62. The minimum absolute atomic E-state index is 0.00631. The highest BCUT2D eigenvalue weighted by atomic mass is 16.3. The first-order valence-corrected chi connectivity index (χ1v) is 8.80. The molecule has 1 amide bonds. The van der Waals surface area contributed by atoms with Crippen LogP contribution in [0.4, 0.5) is 0 Å². The number of rotatable bonds is 5. The Hall–Kier alpha value is -1.39. The molecule has 1 aromatic rings. The number of aliphatic hydroxyl groups is 1. The van der Waals surface area contributed by atoms with Crippen molar-refractivity contribution in [3.63, 3.8) is 0 Å². The van der Waals surface area contributed by atoms with Crippen LogP contribution < -0.4 is 5.73 Å². The molecule has 0 spiro atoms. The van der Waals surface area contributed by atoms with Crippen molar-refractivity contribution in [3.05, 3.63) is 35.4 Å². The van der Waals surface area contributed by atoms with Crippen LogP contribution in [0.1, 0.15) is 43.4 Å². The maximum atomic E-state index is 12.9. The van der Waals surface area contributed by atoms with Gasteiger partial charge in [-0.3, -0.25) is 4.79 Å². The van der Waals surface area contributed by atoms with Gasteiger partial charge in [0.15, 0.2) is 0 Å². The van der Waals surface area contributed by atoms with Gasteiger partial charge in [0.1, 0.15) is 0 Å². The van der Waals surface area contributed by atoms with Crippen molar-refractivity contribution >= 4 is 5.91 Å². The van der Waals surface area contributed by atoms with E-state index in [1.54, 1.807) is 4.90 Å². The van der Waals surface area contributed by atoms with Crippen molar-refractivity contribution in [3.8, 4) is 0 Å². The molecule has 4 nitrogen and oxygen atoms in total. The zero-order valence-corrected chi connectivity index (χ0v) is 14.1. The van der Waals surface area contributed by atoms with Crippen molar-refractivity contribution in [2.75, 3.05) is 13.1 Å². The summed E-state index contributed by atoms with van der Waals surface area (Å²) in [6.45, 7) is 4.95.